The molecule has 2 amide bonds. The molecule has 0 radical (unpaired) electrons. The van der Waals surface area contributed by atoms with Crippen molar-refractivity contribution >= 4 is 23.6 Å². The number of thioether (sulfide) groups is 1. The van der Waals surface area contributed by atoms with E-state index in [1.807, 2.05) is 43.1 Å². The minimum Gasteiger partial charge on any atom is -0.350 e. The van der Waals surface area contributed by atoms with Gasteiger partial charge in [0.2, 0.25) is 5.91 Å². The fourth-order valence-electron chi connectivity index (χ4n) is 3.12. The number of nitrogens with one attached hydrogen (secondary N) is 1. The second-order valence-corrected chi connectivity index (χ2v) is 8.26. The molecule has 1 aliphatic rings. The summed E-state index contributed by atoms with van der Waals surface area (Å²) < 4.78 is 1.78. The largest absolute Gasteiger partial charge is 0.350 e. The quantitative estimate of drug-likeness (QED) is 0.722. The lowest BCUT2D eigenvalue weighted by atomic mass is 9.97. The van der Waals surface area contributed by atoms with Crippen LogP contribution in [0.3, 0.4) is 0 Å². The average Bonchev–Trinajstić information content (AvgIpc) is 3.22. The zero-order chi connectivity index (χ0) is 19.9. The van der Waals surface area contributed by atoms with Crippen molar-refractivity contribution < 1.29 is 9.59 Å². The van der Waals surface area contributed by atoms with E-state index in [1.165, 1.54) is 11.8 Å². The Balaban J connectivity index is 1.37. The topological polar surface area (TPSA) is 80.1 Å². The second kappa shape index (κ2) is 9.73. The Labute approximate surface area is 169 Å². The molecule has 3 heterocycles. The first-order valence-electron chi connectivity index (χ1n) is 9.68. The standard InChI is InChI=1S/C20H27N5O2S/c1-15(2)25-12-8-17(23-25)20(27)22-13-16-6-10-24(11-7-16)19(26)14-28-18-5-3-4-9-21-18/h3-5,8-9,12,15-16H,6-7,10-11,13-14H2,1-2H3,(H,22,27). The highest BCUT2D eigenvalue weighted by atomic mass is 32.2. The number of pyridine rings is 1. The molecule has 0 unspecified atom stereocenters. The van der Waals surface area contributed by atoms with Gasteiger partial charge in [0.15, 0.2) is 0 Å². The molecule has 8 heteroatoms. The molecule has 0 aromatic carbocycles. The number of likely N-dealkylation sites (tertiary alicyclic amines) is 1. The number of amides is 2. The summed E-state index contributed by atoms with van der Waals surface area (Å²) in [7, 11) is 0. The monoisotopic (exact) mass is 401 g/mol. The van der Waals surface area contributed by atoms with E-state index in [0.29, 0.717) is 23.9 Å². The summed E-state index contributed by atoms with van der Waals surface area (Å²) in [5, 5.41) is 8.15. The second-order valence-electron chi connectivity index (χ2n) is 7.27. The van der Waals surface area contributed by atoms with Crippen molar-refractivity contribution in [2.45, 2.75) is 37.8 Å². The van der Waals surface area contributed by atoms with E-state index in [2.05, 4.69) is 15.4 Å². The molecule has 2 aromatic rings. The van der Waals surface area contributed by atoms with Gasteiger partial charge >= 0.3 is 0 Å². The Morgan fingerprint density at radius 1 is 1.25 bits per heavy atom. The minimum absolute atomic E-state index is 0.135. The van der Waals surface area contributed by atoms with Gasteiger partial charge in [-0.15, -0.1) is 0 Å². The van der Waals surface area contributed by atoms with Gasteiger partial charge in [-0.05, 0) is 50.8 Å². The molecular formula is C20H27N5O2S. The molecule has 1 fully saturated rings. The van der Waals surface area contributed by atoms with E-state index in [9.17, 15) is 9.59 Å². The first-order chi connectivity index (χ1) is 13.5. The summed E-state index contributed by atoms with van der Waals surface area (Å²) in [4.78, 5) is 30.8. The third-order valence-electron chi connectivity index (χ3n) is 4.87. The number of carbonyl (C=O) groups is 2. The summed E-state index contributed by atoms with van der Waals surface area (Å²) >= 11 is 1.47. The molecule has 28 heavy (non-hydrogen) atoms. The van der Waals surface area contributed by atoms with Gasteiger partial charge in [-0.2, -0.15) is 5.10 Å². The van der Waals surface area contributed by atoms with E-state index >= 15 is 0 Å². The number of nitrogens with zero attached hydrogens (tertiary/aromatic N) is 4. The van der Waals surface area contributed by atoms with Crippen LogP contribution >= 0.6 is 11.8 Å². The zero-order valence-electron chi connectivity index (χ0n) is 16.4. The molecule has 0 atom stereocenters. The molecule has 0 aliphatic carbocycles. The van der Waals surface area contributed by atoms with Gasteiger partial charge in [0.25, 0.3) is 5.91 Å². The molecule has 1 aliphatic heterocycles. The molecule has 0 saturated carbocycles. The lowest BCUT2D eigenvalue weighted by Crippen LogP contribution is -2.42. The Morgan fingerprint density at radius 2 is 2.04 bits per heavy atom. The molecule has 1 N–H and O–H groups in total. The third kappa shape index (κ3) is 5.58. The van der Waals surface area contributed by atoms with Crippen molar-refractivity contribution in [3.8, 4) is 0 Å². The number of hydrogen-bond donors (Lipinski definition) is 1. The van der Waals surface area contributed by atoms with E-state index < -0.39 is 0 Å². The Hall–Kier alpha value is -2.35. The molecule has 0 bridgehead atoms. The fraction of sp³-hybridized carbons (Fsp3) is 0.500. The van der Waals surface area contributed by atoms with Crippen LogP contribution in [0.15, 0.2) is 41.7 Å². The summed E-state index contributed by atoms with van der Waals surface area (Å²) in [5.41, 5.74) is 0.452. The predicted molar refractivity (Wildman–Crippen MR) is 109 cm³/mol. The minimum atomic E-state index is -0.135. The number of aromatic nitrogens is 3. The molecule has 150 valence electrons. The maximum absolute atomic E-state index is 12.4. The van der Waals surface area contributed by atoms with Crippen LogP contribution in [0.1, 0.15) is 43.2 Å². The summed E-state index contributed by atoms with van der Waals surface area (Å²) in [6.07, 6.45) is 5.37. The van der Waals surface area contributed by atoms with Crippen LogP contribution in [0.4, 0.5) is 0 Å². The van der Waals surface area contributed by atoms with Crippen molar-refractivity contribution in [3.63, 3.8) is 0 Å². The number of hydrogen-bond acceptors (Lipinski definition) is 5. The van der Waals surface area contributed by atoms with Crippen LogP contribution in [-0.2, 0) is 4.79 Å². The van der Waals surface area contributed by atoms with Gasteiger partial charge in [0, 0.05) is 38.1 Å². The normalized spacial score (nSPS) is 15.0. The van der Waals surface area contributed by atoms with Crippen LogP contribution in [0.2, 0.25) is 0 Å². The molecule has 1 saturated heterocycles. The molecule has 2 aromatic heterocycles. The first-order valence-corrected chi connectivity index (χ1v) is 10.7. The number of piperidine rings is 1. The molecular weight excluding hydrogens is 374 g/mol. The Bertz CT molecular complexity index is 785. The van der Waals surface area contributed by atoms with Crippen molar-refractivity contribution in [1.82, 2.24) is 25.0 Å². The van der Waals surface area contributed by atoms with Gasteiger partial charge in [-0.1, -0.05) is 17.8 Å². The van der Waals surface area contributed by atoms with E-state index in [-0.39, 0.29) is 17.9 Å². The third-order valence-corrected chi connectivity index (χ3v) is 5.80. The van der Waals surface area contributed by atoms with Crippen LogP contribution in [0, 0.1) is 5.92 Å². The lowest BCUT2D eigenvalue weighted by Gasteiger charge is -2.32. The molecule has 0 spiro atoms. The highest BCUT2D eigenvalue weighted by Crippen LogP contribution is 2.20. The van der Waals surface area contributed by atoms with E-state index in [1.54, 1.807) is 16.9 Å². The summed E-state index contributed by atoms with van der Waals surface area (Å²) in [5.74, 6) is 0.822. The highest BCUT2D eigenvalue weighted by molar-refractivity contribution is 7.99. The van der Waals surface area contributed by atoms with Gasteiger partial charge < -0.3 is 10.2 Å². The average molecular weight is 402 g/mol. The zero-order valence-corrected chi connectivity index (χ0v) is 17.2. The maximum Gasteiger partial charge on any atom is 0.271 e. The summed E-state index contributed by atoms with van der Waals surface area (Å²) in [6.45, 7) is 6.16. The Morgan fingerprint density at radius 3 is 2.68 bits per heavy atom. The van der Waals surface area contributed by atoms with Gasteiger partial charge in [-0.25, -0.2) is 4.98 Å². The summed E-state index contributed by atoms with van der Waals surface area (Å²) in [6, 6.07) is 7.69. The van der Waals surface area contributed by atoms with Crippen LogP contribution in [0.5, 0.6) is 0 Å². The van der Waals surface area contributed by atoms with E-state index in [0.717, 1.165) is 31.0 Å². The van der Waals surface area contributed by atoms with Gasteiger partial charge in [0.05, 0.1) is 10.8 Å². The SMILES string of the molecule is CC(C)n1ccc(C(=O)NCC2CCN(C(=O)CSc3ccccn3)CC2)n1. The van der Waals surface area contributed by atoms with Crippen LogP contribution in [0.25, 0.3) is 0 Å². The van der Waals surface area contributed by atoms with E-state index in [4.69, 9.17) is 0 Å². The van der Waals surface area contributed by atoms with Crippen LogP contribution < -0.4 is 5.32 Å². The smallest absolute Gasteiger partial charge is 0.271 e. The number of carbonyl (C=O) groups excluding carboxylic acids is 2. The fourth-order valence-corrected chi connectivity index (χ4v) is 3.88. The number of rotatable bonds is 7. The Kier molecular flexibility index (Phi) is 7.08. The van der Waals surface area contributed by atoms with Gasteiger partial charge in [0.1, 0.15) is 5.69 Å². The predicted octanol–water partition coefficient (Wildman–Crippen LogP) is 2.62. The van der Waals surface area contributed by atoms with Crippen molar-refractivity contribution in [2.24, 2.45) is 5.92 Å². The molecule has 7 nitrogen and oxygen atoms in total. The maximum atomic E-state index is 12.4. The van der Waals surface area contributed by atoms with Crippen molar-refractivity contribution in [1.29, 1.82) is 0 Å². The lowest BCUT2D eigenvalue weighted by molar-refractivity contribution is -0.129. The van der Waals surface area contributed by atoms with Crippen LogP contribution in [-0.4, -0.2) is 56.9 Å². The van der Waals surface area contributed by atoms with Crippen molar-refractivity contribution in [3.05, 3.63) is 42.4 Å². The highest BCUT2D eigenvalue weighted by Gasteiger charge is 2.23. The van der Waals surface area contributed by atoms with Gasteiger partial charge in [-0.3, -0.25) is 14.3 Å². The first kappa shape index (κ1) is 20.4. The molecule has 3 rings (SSSR count). The van der Waals surface area contributed by atoms with Crippen molar-refractivity contribution in [2.75, 3.05) is 25.4 Å².